The number of phenols is 1. The molecular formula is C11H15NOS. The van der Waals surface area contributed by atoms with Crippen LogP contribution >= 0.6 is 11.8 Å². The first-order chi connectivity index (χ1) is 6.65. The number of phenolic OH excluding ortho intramolecular Hbond substituents is 1. The maximum absolute atomic E-state index is 9.83. The van der Waals surface area contributed by atoms with Crippen molar-refractivity contribution in [3.05, 3.63) is 23.8 Å². The van der Waals surface area contributed by atoms with E-state index in [0.717, 1.165) is 23.3 Å². The molecule has 1 saturated carbocycles. The second kappa shape index (κ2) is 3.48. The molecule has 1 fully saturated rings. The standard InChI is InChI=1S/C11H15NOS/c1-14-8-3-4-9(10(13)7-8)11(12)5-2-6-11/h3-4,7,13H,2,5-6,12H2,1H3. The fourth-order valence-corrected chi connectivity index (χ4v) is 2.32. The Morgan fingerprint density at radius 3 is 2.57 bits per heavy atom. The van der Waals surface area contributed by atoms with Gasteiger partial charge in [0.15, 0.2) is 0 Å². The minimum atomic E-state index is -0.263. The van der Waals surface area contributed by atoms with E-state index in [2.05, 4.69) is 0 Å². The summed E-state index contributed by atoms with van der Waals surface area (Å²) in [5.74, 6) is 0.346. The molecule has 14 heavy (non-hydrogen) atoms. The van der Waals surface area contributed by atoms with E-state index in [1.54, 1.807) is 17.8 Å². The highest BCUT2D eigenvalue weighted by molar-refractivity contribution is 7.98. The Kier molecular flexibility index (Phi) is 2.45. The number of thioether (sulfide) groups is 1. The van der Waals surface area contributed by atoms with Crippen molar-refractivity contribution >= 4 is 11.8 Å². The molecule has 76 valence electrons. The fraction of sp³-hybridized carbons (Fsp3) is 0.455. The normalized spacial score (nSPS) is 19.0. The van der Waals surface area contributed by atoms with Crippen LogP contribution in [-0.2, 0) is 5.54 Å². The zero-order valence-electron chi connectivity index (χ0n) is 8.29. The predicted octanol–water partition coefficient (Wildman–Crippen LogP) is 2.45. The van der Waals surface area contributed by atoms with Gasteiger partial charge in [-0.3, -0.25) is 0 Å². The molecule has 2 rings (SSSR count). The molecule has 1 aliphatic carbocycles. The summed E-state index contributed by atoms with van der Waals surface area (Å²) in [4.78, 5) is 1.08. The third-order valence-electron chi connectivity index (χ3n) is 2.99. The first-order valence-electron chi connectivity index (χ1n) is 4.82. The van der Waals surface area contributed by atoms with E-state index in [0.29, 0.717) is 5.75 Å². The predicted molar refractivity (Wildman–Crippen MR) is 59.6 cm³/mol. The van der Waals surface area contributed by atoms with E-state index in [1.165, 1.54) is 6.42 Å². The average molecular weight is 209 g/mol. The van der Waals surface area contributed by atoms with Crippen LogP contribution in [0.3, 0.4) is 0 Å². The zero-order valence-corrected chi connectivity index (χ0v) is 9.10. The van der Waals surface area contributed by atoms with Gasteiger partial charge < -0.3 is 10.8 Å². The summed E-state index contributed by atoms with van der Waals surface area (Å²) >= 11 is 1.63. The minimum absolute atomic E-state index is 0.263. The Morgan fingerprint density at radius 2 is 2.14 bits per heavy atom. The molecule has 0 aliphatic heterocycles. The highest BCUT2D eigenvalue weighted by atomic mass is 32.2. The first kappa shape index (κ1) is 9.87. The Bertz CT molecular complexity index is 347. The van der Waals surface area contributed by atoms with Crippen LogP contribution in [0.4, 0.5) is 0 Å². The van der Waals surface area contributed by atoms with Crippen molar-refractivity contribution in [2.45, 2.75) is 29.7 Å². The number of hydrogen-bond acceptors (Lipinski definition) is 3. The van der Waals surface area contributed by atoms with Gasteiger partial charge in [-0.05, 0) is 37.7 Å². The number of nitrogens with two attached hydrogens (primary N) is 1. The molecule has 0 heterocycles. The van der Waals surface area contributed by atoms with Crippen molar-refractivity contribution in [3.8, 4) is 5.75 Å². The summed E-state index contributed by atoms with van der Waals surface area (Å²) in [5, 5.41) is 9.83. The summed E-state index contributed by atoms with van der Waals surface area (Å²) in [6.07, 6.45) is 5.13. The van der Waals surface area contributed by atoms with Gasteiger partial charge >= 0.3 is 0 Å². The van der Waals surface area contributed by atoms with E-state index in [-0.39, 0.29) is 5.54 Å². The summed E-state index contributed by atoms with van der Waals surface area (Å²) in [7, 11) is 0. The quantitative estimate of drug-likeness (QED) is 0.735. The molecule has 1 aliphatic rings. The molecule has 0 unspecified atom stereocenters. The highest BCUT2D eigenvalue weighted by Crippen LogP contribution is 2.43. The molecule has 1 aromatic rings. The lowest BCUT2D eigenvalue weighted by Crippen LogP contribution is -2.43. The SMILES string of the molecule is CSc1ccc(C2(N)CCC2)c(O)c1. The minimum Gasteiger partial charge on any atom is -0.508 e. The van der Waals surface area contributed by atoms with Gasteiger partial charge in [0.1, 0.15) is 5.75 Å². The van der Waals surface area contributed by atoms with E-state index in [9.17, 15) is 5.11 Å². The van der Waals surface area contributed by atoms with Crippen molar-refractivity contribution in [2.75, 3.05) is 6.26 Å². The third kappa shape index (κ3) is 1.51. The Morgan fingerprint density at radius 1 is 1.43 bits per heavy atom. The van der Waals surface area contributed by atoms with Gasteiger partial charge in [-0.25, -0.2) is 0 Å². The van der Waals surface area contributed by atoms with Crippen molar-refractivity contribution in [1.29, 1.82) is 0 Å². The van der Waals surface area contributed by atoms with E-state index in [1.807, 2.05) is 18.4 Å². The van der Waals surface area contributed by atoms with Crippen LogP contribution in [0.15, 0.2) is 23.1 Å². The van der Waals surface area contributed by atoms with Crippen LogP contribution in [0.25, 0.3) is 0 Å². The van der Waals surface area contributed by atoms with Crippen molar-refractivity contribution in [1.82, 2.24) is 0 Å². The van der Waals surface area contributed by atoms with E-state index < -0.39 is 0 Å². The Labute approximate surface area is 88.5 Å². The molecule has 1 aromatic carbocycles. The van der Waals surface area contributed by atoms with Crippen molar-refractivity contribution in [3.63, 3.8) is 0 Å². The van der Waals surface area contributed by atoms with Crippen LogP contribution in [-0.4, -0.2) is 11.4 Å². The number of benzene rings is 1. The highest BCUT2D eigenvalue weighted by Gasteiger charge is 2.36. The van der Waals surface area contributed by atoms with E-state index >= 15 is 0 Å². The molecule has 0 aromatic heterocycles. The van der Waals surface area contributed by atoms with Gasteiger partial charge in [0.05, 0.1) is 0 Å². The lowest BCUT2D eigenvalue weighted by atomic mass is 9.72. The molecule has 0 bridgehead atoms. The smallest absolute Gasteiger partial charge is 0.121 e. The van der Waals surface area contributed by atoms with Crippen LogP contribution < -0.4 is 5.73 Å². The number of rotatable bonds is 2. The molecule has 0 radical (unpaired) electrons. The van der Waals surface area contributed by atoms with E-state index in [4.69, 9.17) is 5.73 Å². The molecule has 0 amide bonds. The fourth-order valence-electron chi connectivity index (χ4n) is 1.89. The molecule has 0 spiro atoms. The second-order valence-electron chi connectivity index (χ2n) is 3.89. The molecule has 0 atom stereocenters. The lowest BCUT2D eigenvalue weighted by Gasteiger charge is -2.38. The van der Waals surface area contributed by atoms with Crippen LogP contribution in [0.5, 0.6) is 5.75 Å². The van der Waals surface area contributed by atoms with Crippen molar-refractivity contribution in [2.24, 2.45) is 5.73 Å². The van der Waals surface area contributed by atoms with Gasteiger partial charge in [-0.15, -0.1) is 11.8 Å². The second-order valence-corrected chi connectivity index (χ2v) is 4.77. The summed E-state index contributed by atoms with van der Waals surface area (Å²) < 4.78 is 0. The summed E-state index contributed by atoms with van der Waals surface area (Å²) in [6.45, 7) is 0. The average Bonchev–Trinajstić information content (AvgIpc) is 2.14. The van der Waals surface area contributed by atoms with Gasteiger partial charge in [-0.2, -0.15) is 0 Å². The molecule has 3 N–H and O–H groups in total. The van der Waals surface area contributed by atoms with Gasteiger partial charge in [-0.1, -0.05) is 6.07 Å². The first-order valence-corrected chi connectivity index (χ1v) is 6.04. The third-order valence-corrected chi connectivity index (χ3v) is 3.71. The van der Waals surface area contributed by atoms with Gasteiger partial charge in [0.2, 0.25) is 0 Å². The van der Waals surface area contributed by atoms with Gasteiger partial charge in [0.25, 0.3) is 0 Å². The number of hydrogen-bond donors (Lipinski definition) is 2. The van der Waals surface area contributed by atoms with Crippen molar-refractivity contribution < 1.29 is 5.11 Å². The molecule has 2 nitrogen and oxygen atoms in total. The zero-order chi connectivity index (χ0) is 10.2. The maximum Gasteiger partial charge on any atom is 0.121 e. The largest absolute Gasteiger partial charge is 0.508 e. The van der Waals surface area contributed by atoms with Crippen LogP contribution in [0, 0.1) is 0 Å². The summed E-state index contributed by atoms with van der Waals surface area (Å²) in [5.41, 5.74) is 6.79. The maximum atomic E-state index is 9.83. The number of aromatic hydroxyl groups is 1. The van der Waals surface area contributed by atoms with Gasteiger partial charge in [0, 0.05) is 16.0 Å². The molecular weight excluding hydrogens is 194 g/mol. The Hall–Kier alpha value is -0.670. The lowest BCUT2D eigenvalue weighted by molar-refractivity contribution is 0.245. The monoisotopic (exact) mass is 209 g/mol. The van der Waals surface area contributed by atoms with Crippen LogP contribution in [0.1, 0.15) is 24.8 Å². The van der Waals surface area contributed by atoms with Crippen LogP contribution in [0.2, 0.25) is 0 Å². The molecule has 0 saturated heterocycles. The summed E-state index contributed by atoms with van der Waals surface area (Å²) in [6, 6.07) is 5.78. The topological polar surface area (TPSA) is 46.2 Å². The Balaban J connectivity index is 2.35. The molecule has 3 heteroatoms.